The summed E-state index contributed by atoms with van der Waals surface area (Å²) in [7, 11) is 0. The molecular formula is C24H19GeI. The molecule has 0 aliphatic carbocycles. The molecule has 0 fully saturated rings. The Kier molecular flexibility index (Phi) is 5.27. The normalized spacial score (nSPS) is 11.3. The summed E-state index contributed by atoms with van der Waals surface area (Å²) >= 11 is -0.632. The molecule has 0 saturated carbocycles. The van der Waals surface area contributed by atoms with E-state index in [9.17, 15) is 0 Å². The van der Waals surface area contributed by atoms with Crippen LogP contribution >= 0.6 is 22.6 Å². The van der Waals surface area contributed by atoms with Crippen LogP contribution in [-0.4, -0.2) is 13.3 Å². The van der Waals surface area contributed by atoms with Gasteiger partial charge in [-0.05, 0) is 0 Å². The van der Waals surface area contributed by atoms with Crippen molar-refractivity contribution in [1.82, 2.24) is 0 Å². The van der Waals surface area contributed by atoms with E-state index in [-0.39, 0.29) is 0 Å². The van der Waals surface area contributed by atoms with E-state index in [0.29, 0.717) is 0 Å². The Hall–Kier alpha value is -1.85. The quantitative estimate of drug-likeness (QED) is 0.293. The van der Waals surface area contributed by atoms with E-state index < -0.39 is 13.3 Å². The molecule has 0 aliphatic heterocycles. The molecule has 0 unspecified atom stereocenters. The fourth-order valence-electron chi connectivity index (χ4n) is 3.76. The molecule has 0 heterocycles. The Labute approximate surface area is 171 Å². The van der Waals surface area contributed by atoms with E-state index in [0.717, 1.165) is 0 Å². The van der Waals surface area contributed by atoms with Gasteiger partial charge < -0.3 is 0 Å². The van der Waals surface area contributed by atoms with Crippen molar-refractivity contribution in [2.45, 2.75) is 0 Å². The van der Waals surface area contributed by atoms with Crippen molar-refractivity contribution < 1.29 is 0 Å². The minimum absolute atomic E-state index is 1.27. The van der Waals surface area contributed by atoms with Crippen LogP contribution in [0.5, 0.6) is 0 Å². The van der Waals surface area contributed by atoms with Crippen LogP contribution in [0.3, 0.4) is 0 Å². The predicted molar refractivity (Wildman–Crippen MR) is 123 cm³/mol. The average Bonchev–Trinajstić information content (AvgIpc) is 2.72. The first-order chi connectivity index (χ1) is 12.8. The van der Waals surface area contributed by atoms with Crippen LogP contribution in [0.15, 0.2) is 115 Å². The molecule has 0 nitrogen and oxygen atoms in total. The standard InChI is InChI=1S/C24H19GeI/c26-24-18-16-23(17-19-24)25(20-10-4-1-5-11-20,21-12-6-2-7-13-21)22-14-8-3-9-15-22/h1-19H. The van der Waals surface area contributed by atoms with E-state index in [1.165, 1.54) is 21.2 Å². The molecule has 0 bridgehead atoms. The van der Waals surface area contributed by atoms with Crippen molar-refractivity contribution in [3.05, 3.63) is 119 Å². The first-order valence-corrected chi connectivity index (χ1v) is 14.0. The Morgan fingerprint density at radius 2 is 0.692 bits per heavy atom. The summed E-state index contributed by atoms with van der Waals surface area (Å²) in [6, 6.07) is 42.5. The Bertz CT molecular complexity index is 868. The third-order valence-corrected chi connectivity index (χ3v) is 15.7. The zero-order valence-electron chi connectivity index (χ0n) is 14.3. The van der Waals surface area contributed by atoms with Crippen LogP contribution in [0.25, 0.3) is 0 Å². The van der Waals surface area contributed by atoms with Gasteiger partial charge in [-0.15, -0.1) is 0 Å². The van der Waals surface area contributed by atoms with Crippen LogP contribution in [0.1, 0.15) is 0 Å². The Morgan fingerprint density at radius 1 is 0.385 bits per heavy atom. The molecule has 4 aromatic carbocycles. The summed E-state index contributed by atoms with van der Waals surface area (Å²) < 4.78 is 7.13. The van der Waals surface area contributed by atoms with Gasteiger partial charge in [0.25, 0.3) is 0 Å². The molecule has 0 radical (unpaired) electrons. The molecule has 4 aromatic rings. The summed E-state index contributed by atoms with van der Waals surface area (Å²) in [5, 5.41) is 0. The van der Waals surface area contributed by atoms with E-state index in [4.69, 9.17) is 0 Å². The second-order valence-corrected chi connectivity index (χ2v) is 15.6. The van der Waals surface area contributed by atoms with Gasteiger partial charge in [0.1, 0.15) is 0 Å². The Morgan fingerprint density at radius 3 is 1.04 bits per heavy atom. The van der Waals surface area contributed by atoms with Gasteiger partial charge in [0.15, 0.2) is 0 Å². The zero-order chi connectivity index (χ0) is 17.8. The summed E-state index contributed by atoms with van der Waals surface area (Å²) in [5.74, 6) is 0. The summed E-state index contributed by atoms with van der Waals surface area (Å²) in [5.41, 5.74) is 0. The second-order valence-electron chi connectivity index (χ2n) is 6.35. The van der Waals surface area contributed by atoms with Crippen molar-refractivity contribution in [3.63, 3.8) is 0 Å². The van der Waals surface area contributed by atoms with Gasteiger partial charge in [-0.1, -0.05) is 0 Å². The third-order valence-electron chi connectivity index (χ3n) is 4.90. The fraction of sp³-hybridized carbons (Fsp3) is 0. The van der Waals surface area contributed by atoms with Gasteiger partial charge in [0.2, 0.25) is 0 Å². The van der Waals surface area contributed by atoms with Crippen molar-refractivity contribution in [1.29, 1.82) is 0 Å². The van der Waals surface area contributed by atoms with Gasteiger partial charge in [0.05, 0.1) is 0 Å². The van der Waals surface area contributed by atoms with Crippen molar-refractivity contribution in [3.8, 4) is 0 Å². The number of benzene rings is 4. The van der Waals surface area contributed by atoms with E-state index in [1.54, 1.807) is 0 Å². The number of rotatable bonds is 4. The maximum atomic E-state index is 2.39. The summed E-state index contributed by atoms with van der Waals surface area (Å²) in [4.78, 5) is 0. The van der Waals surface area contributed by atoms with Gasteiger partial charge in [0, 0.05) is 0 Å². The van der Waals surface area contributed by atoms with E-state index >= 15 is 0 Å². The molecule has 2 heteroatoms. The molecule has 0 aromatic heterocycles. The Balaban J connectivity index is 2.12. The zero-order valence-corrected chi connectivity index (χ0v) is 18.6. The van der Waals surface area contributed by atoms with E-state index in [2.05, 4.69) is 138 Å². The van der Waals surface area contributed by atoms with Gasteiger partial charge in [-0.2, -0.15) is 0 Å². The van der Waals surface area contributed by atoms with Gasteiger partial charge in [-0.25, -0.2) is 0 Å². The fourth-order valence-corrected chi connectivity index (χ4v) is 14.1. The van der Waals surface area contributed by atoms with Crippen LogP contribution in [-0.2, 0) is 0 Å². The van der Waals surface area contributed by atoms with E-state index in [1.807, 2.05) is 0 Å². The third kappa shape index (κ3) is 3.14. The first-order valence-electron chi connectivity index (χ1n) is 8.74. The van der Waals surface area contributed by atoms with Crippen LogP contribution in [0.4, 0.5) is 0 Å². The maximum absolute atomic E-state index is 3.02. The molecule has 0 saturated heterocycles. The number of hydrogen-bond donors (Lipinski definition) is 0. The molecule has 0 amide bonds. The first kappa shape index (κ1) is 17.6. The summed E-state index contributed by atoms with van der Waals surface area (Å²) in [6.07, 6.45) is 0. The van der Waals surface area contributed by atoms with Crippen LogP contribution in [0.2, 0.25) is 0 Å². The van der Waals surface area contributed by atoms with Crippen molar-refractivity contribution in [2.24, 2.45) is 0 Å². The molecule has 0 N–H and O–H groups in total. The molecule has 126 valence electrons. The number of hydrogen-bond acceptors (Lipinski definition) is 0. The molecule has 26 heavy (non-hydrogen) atoms. The van der Waals surface area contributed by atoms with Gasteiger partial charge in [-0.3, -0.25) is 0 Å². The molecular weight excluding hydrogens is 488 g/mol. The van der Waals surface area contributed by atoms with Crippen molar-refractivity contribution >= 4 is 53.4 Å². The van der Waals surface area contributed by atoms with Crippen LogP contribution in [0, 0.1) is 3.57 Å². The molecule has 4 rings (SSSR count). The molecule has 0 aliphatic rings. The molecule has 0 atom stereocenters. The second kappa shape index (κ2) is 7.81. The van der Waals surface area contributed by atoms with Gasteiger partial charge >= 0.3 is 172 Å². The summed E-state index contributed by atoms with van der Waals surface area (Å²) in [6.45, 7) is 0. The monoisotopic (exact) mass is 508 g/mol. The SMILES string of the molecule is Ic1cc[c]([Ge]([c]2ccccc2)([c]2ccccc2)[c]2ccccc2)cc1. The molecule has 0 spiro atoms. The topological polar surface area (TPSA) is 0 Å². The average molecular weight is 507 g/mol. The number of halogens is 1. The van der Waals surface area contributed by atoms with Crippen molar-refractivity contribution in [2.75, 3.05) is 0 Å². The minimum atomic E-state index is -3.02. The predicted octanol–water partition coefficient (Wildman–Crippen LogP) is 3.67. The van der Waals surface area contributed by atoms with Crippen LogP contribution < -0.4 is 17.6 Å².